The molecule has 3 heteroatoms. The lowest BCUT2D eigenvalue weighted by Crippen LogP contribution is -2.04. The maximum absolute atomic E-state index is 5.74. The molecule has 0 amide bonds. The second kappa shape index (κ2) is 6.06. The third kappa shape index (κ3) is 2.81. The molecule has 1 aromatic carbocycles. The minimum absolute atomic E-state index is 0.746. The lowest BCUT2D eigenvalue weighted by molar-refractivity contribution is 0.613. The quantitative estimate of drug-likeness (QED) is 0.560. The van der Waals surface area contributed by atoms with Gasteiger partial charge >= 0.3 is 0 Å². The standard InChI is InChI=1S/C14H19ClN2/c1-2-7-14-16-12-8-3-4-9-13(12)17(14)11-6-5-10-15/h3-4,8-9H,2,5-7,10-11H2,1H3. The van der Waals surface area contributed by atoms with Gasteiger partial charge in [-0.15, -0.1) is 11.6 Å². The van der Waals surface area contributed by atoms with Crippen molar-refractivity contribution in [3.63, 3.8) is 0 Å². The number of hydrogen-bond donors (Lipinski definition) is 0. The van der Waals surface area contributed by atoms with Crippen LogP contribution in [0.3, 0.4) is 0 Å². The van der Waals surface area contributed by atoms with E-state index in [1.807, 2.05) is 6.07 Å². The molecule has 0 saturated carbocycles. The summed E-state index contributed by atoms with van der Waals surface area (Å²) in [5.74, 6) is 1.96. The first-order valence-corrected chi connectivity index (χ1v) is 6.90. The van der Waals surface area contributed by atoms with Crippen molar-refractivity contribution < 1.29 is 0 Å². The second-order valence-corrected chi connectivity index (χ2v) is 4.69. The number of unbranched alkanes of at least 4 members (excludes halogenated alkanes) is 1. The third-order valence-electron chi connectivity index (χ3n) is 2.97. The molecule has 2 nitrogen and oxygen atoms in total. The van der Waals surface area contributed by atoms with E-state index in [-0.39, 0.29) is 0 Å². The number of halogens is 1. The molecule has 0 atom stereocenters. The minimum Gasteiger partial charge on any atom is -0.328 e. The number of aryl methyl sites for hydroxylation is 2. The molecule has 17 heavy (non-hydrogen) atoms. The normalized spacial score (nSPS) is 11.2. The molecule has 0 fully saturated rings. The molecule has 2 rings (SSSR count). The average Bonchev–Trinajstić information content (AvgIpc) is 2.69. The SMILES string of the molecule is CCCc1nc2ccccc2n1CCCCCl. The monoisotopic (exact) mass is 250 g/mol. The number of fused-ring (bicyclic) bond motifs is 1. The van der Waals surface area contributed by atoms with Crippen LogP contribution in [0.5, 0.6) is 0 Å². The molecular weight excluding hydrogens is 232 g/mol. The number of rotatable bonds is 6. The average molecular weight is 251 g/mol. The molecular formula is C14H19ClN2. The summed E-state index contributed by atoms with van der Waals surface area (Å²) in [6, 6.07) is 8.38. The van der Waals surface area contributed by atoms with Gasteiger partial charge in [-0.05, 0) is 31.4 Å². The van der Waals surface area contributed by atoms with Crippen LogP contribution in [0.25, 0.3) is 11.0 Å². The minimum atomic E-state index is 0.746. The number of aromatic nitrogens is 2. The van der Waals surface area contributed by atoms with Gasteiger partial charge in [0.25, 0.3) is 0 Å². The maximum Gasteiger partial charge on any atom is 0.109 e. The fraction of sp³-hybridized carbons (Fsp3) is 0.500. The lowest BCUT2D eigenvalue weighted by Gasteiger charge is -2.07. The van der Waals surface area contributed by atoms with Crippen LogP contribution in [0.15, 0.2) is 24.3 Å². The van der Waals surface area contributed by atoms with Gasteiger partial charge in [-0.25, -0.2) is 4.98 Å². The highest BCUT2D eigenvalue weighted by Gasteiger charge is 2.08. The van der Waals surface area contributed by atoms with Crippen molar-refractivity contribution >= 4 is 22.6 Å². The van der Waals surface area contributed by atoms with E-state index >= 15 is 0 Å². The van der Waals surface area contributed by atoms with E-state index in [0.29, 0.717) is 0 Å². The third-order valence-corrected chi connectivity index (χ3v) is 3.24. The molecule has 2 aromatic rings. The Morgan fingerprint density at radius 3 is 2.82 bits per heavy atom. The summed E-state index contributed by atoms with van der Waals surface area (Å²) in [5.41, 5.74) is 2.37. The highest BCUT2D eigenvalue weighted by Crippen LogP contribution is 2.18. The summed E-state index contributed by atoms with van der Waals surface area (Å²) in [6.07, 6.45) is 4.38. The van der Waals surface area contributed by atoms with E-state index in [1.165, 1.54) is 11.3 Å². The Kier molecular flexibility index (Phi) is 4.43. The fourth-order valence-corrected chi connectivity index (χ4v) is 2.34. The zero-order chi connectivity index (χ0) is 12.1. The number of hydrogen-bond acceptors (Lipinski definition) is 1. The van der Waals surface area contributed by atoms with E-state index in [2.05, 4.69) is 29.7 Å². The molecule has 0 aliphatic rings. The first-order chi connectivity index (χ1) is 8.36. The number of alkyl halides is 1. The van der Waals surface area contributed by atoms with Crippen molar-refractivity contribution in [3.05, 3.63) is 30.1 Å². The zero-order valence-electron chi connectivity index (χ0n) is 10.3. The molecule has 0 bridgehead atoms. The zero-order valence-corrected chi connectivity index (χ0v) is 11.1. The van der Waals surface area contributed by atoms with Crippen molar-refractivity contribution in [1.29, 1.82) is 0 Å². The molecule has 1 heterocycles. The van der Waals surface area contributed by atoms with Gasteiger partial charge in [-0.2, -0.15) is 0 Å². The van der Waals surface area contributed by atoms with E-state index in [9.17, 15) is 0 Å². The largest absolute Gasteiger partial charge is 0.328 e. The van der Waals surface area contributed by atoms with Crippen LogP contribution in [0, 0.1) is 0 Å². The fourth-order valence-electron chi connectivity index (χ4n) is 2.15. The lowest BCUT2D eigenvalue weighted by atomic mass is 10.3. The predicted molar refractivity (Wildman–Crippen MR) is 73.7 cm³/mol. The van der Waals surface area contributed by atoms with Crippen LogP contribution in [-0.4, -0.2) is 15.4 Å². The highest BCUT2D eigenvalue weighted by molar-refractivity contribution is 6.17. The summed E-state index contributed by atoms with van der Waals surface area (Å²) < 4.78 is 2.35. The molecule has 0 saturated heterocycles. The van der Waals surface area contributed by atoms with Gasteiger partial charge in [0.15, 0.2) is 0 Å². The second-order valence-electron chi connectivity index (χ2n) is 4.31. The number of para-hydroxylation sites is 2. The Morgan fingerprint density at radius 1 is 1.24 bits per heavy atom. The van der Waals surface area contributed by atoms with Gasteiger partial charge in [0.1, 0.15) is 5.82 Å². The summed E-state index contributed by atoms with van der Waals surface area (Å²) in [7, 11) is 0. The number of imidazole rings is 1. The van der Waals surface area contributed by atoms with Crippen molar-refractivity contribution in [2.45, 2.75) is 39.2 Å². The Morgan fingerprint density at radius 2 is 2.06 bits per heavy atom. The Balaban J connectivity index is 2.30. The van der Waals surface area contributed by atoms with Crippen LogP contribution >= 0.6 is 11.6 Å². The summed E-state index contributed by atoms with van der Waals surface area (Å²) >= 11 is 5.74. The van der Waals surface area contributed by atoms with Crippen molar-refractivity contribution in [3.8, 4) is 0 Å². The van der Waals surface area contributed by atoms with Crippen molar-refractivity contribution in [1.82, 2.24) is 9.55 Å². The number of nitrogens with zero attached hydrogens (tertiary/aromatic N) is 2. The molecule has 92 valence electrons. The molecule has 0 N–H and O–H groups in total. The van der Waals surface area contributed by atoms with Gasteiger partial charge in [-0.1, -0.05) is 19.1 Å². The van der Waals surface area contributed by atoms with Gasteiger partial charge in [0.2, 0.25) is 0 Å². The Hall–Kier alpha value is -1.02. The molecule has 0 radical (unpaired) electrons. The first-order valence-electron chi connectivity index (χ1n) is 6.37. The van der Waals surface area contributed by atoms with E-state index in [4.69, 9.17) is 16.6 Å². The Labute approximate surface area is 108 Å². The van der Waals surface area contributed by atoms with Crippen LogP contribution in [0.4, 0.5) is 0 Å². The summed E-state index contributed by atoms with van der Waals surface area (Å²) in [6.45, 7) is 3.23. The molecule has 0 unspecified atom stereocenters. The van der Waals surface area contributed by atoms with Crippen LogP contribution in [0.2, 0.25) is 0 Å². The smallest absolute Gasteiger partial charge is 0.109 e. The number of benzene rings is 1. The van der Waals surface area contributed by atoms with Crippen molar-refractivity contribution in [2.75, 3.05) is 5.88 Å². The first kappa shape index (κ1) is 12.4. The highest BCUT2D eigenvalue weighted by atomic mass is 35.5. The van der Waals surface area contributed by atoms with Crippen LogP contribution < -0.4 is 0 Å². The van der Waals surface area contributed by atoms with Gasteiger partial charge < -0.3 is 4.57 Å². The molecule has 0 aliphatic carbocycles. The van der Waals surface area contributed by atoms with E-state index in [0.717, 1.165) is 43.6 Å². The maximum atomic E-state index is 5.74. The van der Waals surface area contributed by atoms with Crippen molar-refractivity contribution in [2.24, 2.45) is 0 Å². The van der Waals surface area contributed by atoms with Crippen LogP contribution in [0.1, 0.15) is 32.0 Å². The van der Waals surface area contributed by atoms with Crippen LogP contribution in [-0.2, 0) is 13.0 Å². The van der Waals surface area contributed by atoms with E-state index in [1.54, 1.807) is 0 Å². The topological polar surface area (TPSA) is 17.8 Å². The summed E-state index contributed by atoms with van der Waals surface area (Å²) in [5, 5.41) is 0. The molecule has 0 aliphatic heterocycles. The summed E-state index contributed by atoms with van der Waals surface area (Å²) in [4.78, 5) is 4.71. The Bertz CT molecular complexity index is 476. The molecule has 0 spiro atoms. The van der Waals surface area contributed by atoms with Gasteiger partial charge in [-0.3, -0.25) is 0 Å². The van der Waals surface area contributed by atoms with Gasteiger partial charge in [0, 0.05) is 18.8 Å². The van der Waals surface area contributed by atoms with E-state index < -0.39 is 0 Å². The van der Waals surface area contributed by atoms with Gasteiger partial charge in [0.05, 0.1) is 11.0 Å². The molecule has 1 aromatic heterocycles. The predicted octanol–water partition coefficient (Wildman–Crippen LogP) is 4.01.